The van der Waals surface area contributed by atoms with Crippen molar-refractivity contribution in [1.82, 2.24) is 9.97 Å². The van der Waals surface area contributed by atoms with Crippen molar-refractivity contribution < 1.29 is 4.79 Å². The Morgan fingerprint density at radius 1 is 1.17 bits per heavy atom. The molecule has 0 saturated carbocycles. The minimum absolute atomic E-state index is 0.249. The summed E-state index contributed by atoms with van der Waals surface area (Å²) in [5, 5.41) is 12.3. The van der Waals surface area contributed by atoms with Crippen molar-refractivity contribution in [3.63, 3.8) is 0 Å². The summed E-state index contributed by atoms with van der Waals surface area (Å²) >= 11 is 3.39. The number of hydrogen-bond donors (Lipinski definition) is 2. The molecule has 0 aliphatic carbocycles. The molecule has 150 valence electrons. The fraction of sp³-hybridized carbons (Fsp3) is 0.429. The number of anilines is 2. The van der Waals surface area contributed by atoms with Gasteiger partial charge >= 0.3 is 0 Å². The highest BCUT2D eigenvalue weighted by Gasteiger charge is 2.40. The first-order valence-electron chi connectivity index (χ1n) is 9.72. The zero-order chi connectivity index (χ0) is 20.7. The second-order valence-corrected chi connectivity index (χ2v) is 9.04. The Bertz CT molecular complexity index is 1030. The Morgan fingerprint density at radius 2 is 1.83 bits per heavy atom. The number of piperidine rings is 1. The summed E-state index contributed by atoms with van der Waals surface area (Å²) in [6, 6.07) is 9.38. The first-order valence-corrected chi connectivity index (χ1v) is 10.5. The molecule has 4 unspecified atom stereocenters. The van der Waals surface area contributed by atoms with E-state index < -0.39 is 17.7 Å². The maximum atomic E-state index is 13.1. The van der Waals surface area contributed by atoms with Crippen LogP contribution in [0.5, 0.6) is 0 Å². The number of H-pyrrole nitrogens is 1. The Balaban J connectivity index is 1.81. The number of aromatic nitrogens is 2. The van der Waals surface area contributed by atoms with Crippen LogP contribution in [0.1, 0.15) is 37.3 Å². The van der Waals surface area contributed by atoms with Crippen LogP contribution in [-0.2, 0) is 4.79 Å². The molecule has 3 heterocycles. The lowest BCUT2D eigenvalue weighted by atomic mass is 9.79. The molecule has 7 nitrogen and oxygen atoms in total. The zero-order valence-corrected chi connectivity index (χ0v) is 17.9. The fourth-order valence-electron chi connectivity index (χ4n) is 4.51. The zero-order valence-electron chi connectivity index (χ0n) is 16.3. The van der Waals surface area contributed by atoms with Gasteiger partial charge in [0.1, 0.15) is 11.7 Å². The lowest BCUT2D eigenvalue weighted by Gasteiger charge is -2.36. The third-order valence-corrected chi connectivity index (χ3v) is 6.18. The normalized spacial score (nSPS) is 26.4. The number of fused-ring (bicyclic) bond motifs is 1. The van der Waals surface area contributed by atoms with Crippen LogP contribution in [0, 0.1) is 29.1 Å². The van der Waals surface area contributed by atoms with Crippen molar-refractivity contribution in [3.8, 4) is 6.07 Å². The Hall–Kier alpha value is -2.66. The lowest BCUT2D eigenvalue weighted by Crippen LogP contribution is -2.42. The molecule has 0 radical (unpaired) electrons. The monoisotopic (exact) mass is 455 g/mol. The van der Waals surface area contributed by atoms with E-state index in [0.29, 0.717) is 23.3 Å². The molecule has 1 aromatic carbocycles. The van der Waals surface area contributed by atoms with E-state index in [4.69, 9.17) is 0 Å². The molecule has 1 fully saturated rings. The largest absolute Gasteiger partial charge is 0.342 e. The van der Waals surface area contributed by atoms with Crippen LogP contribution in [0.2, 0.25) is 0 Å². The number of rotatable bonds is 2. The van der Waals surface area contributed by atoms with E-state index in [-0.39, 0.29) is 11.4 Å². The molecular weight excluding hydrogens is 434 g/mol. The van der Waals surface area contributed by atoms with Gasteiger partial charge < -0.3 is 10.2 Å². The molecule has 1 amide bonds. The molecule has 2 aromatic rings. The smallest absolute Gasteiger partial charge is 0.258 e. The van der Waals surface area contributed by atoms with Crippen molar-refractivity contribution in [1.29, 1.82) is 5.26 Å². The van der Waals surface area contributed by atoms with Crippen LogP contribution in [0.25, 0.3) is 0 Å². The predicted molar refractivity (Wildman–Crippen MR) is 114 cm³/mol. The van der Waals surface area contributed by atoms with Crippen LogP contribution in [0.15, 0.2) is 33.5 Å². The van der Waals surface area contributed by atoms with Crippen LogP contribution >= 0.6 is 15.9 Å². The molecule has 4 atom stereocenters. The number of nitriles is 1. The molecule has 1 saturated heterocycles. The van der Waals surface area contributed by atoms with Gasteiger partial charge in [-0.2, -0.15) is 10.2 Å². The van der Waals surface area contributed by atoms with Gasteiger partial charge in [-0.25, -0.2) is 0 Å². The first-order chi connectivity index (χ1) is 13.9. The summed E-state index contributed by atoms with van der Waals surface area (Å²) < 4.78 is 0.881. The molecular formula is C21H22BrN5O2. The van der Waals surface area contributed by atoms with Crippen LogP contribution in [0.4, 0.5) is 11.8 Å². The van der Waals surface area contributed by atoms with Crippen molar-refractivity contribution in [2.24, 2.45) is 17.8 Å². The third-order valence-electron chi connectivity index (χ3n) is 5.65. The Morgan fingerprint density at radius 3 is 2.45 bits per heavy atom. The van der Waals surface area contributed by atoms with Gasteiger partial charge in [0.15, 0.2) is 0 Å². The van der Waals surface area contributed by atoms with Crippen molar-refractivity contribution in [3.05, 3.63) is 50.2 Å². The minimum Gasteiger partial charge on any atom is -0.342 e. The quantitative estimate of drug-likeness (QED) is 0.723. The summed E-state index contributed by atoms with van der Waals surface area (Å²) in [6.07, 6.45) is 1.14. The van der Waals surface area contributed by atoms with E-state index in [9.17, 15) is 14.9 Å². The molecule has 0 spiro atoms. The molecule has 29 heavy (non-hydrogen) atoms. The number of halogens is 1. The van der Waals surface area contributed by atoms with Crippen molar-refractivity contribution >= 4 is 33.6 Å². The number of aromatic amines is 1. The molecule has 0 bridgehead atoms. The molecule has 4 rings (SSSR count). The molecule has 8 heteroatoms. The number of carbonyl (C=O) groups excluding carboxylic acids is 1. The minimum atomic E-state index is -0.993. The first kappa shape index (κ1) is 19.6. The van der Waals surface area contributed by atoms with Crippen LogP contribution in [-0.4, -0.2) is 29.0 Å². The highest BCUT2D eigenvalue weighted by Crippen LogP contribution is 2.38. The number of hydrogen-bond acceptors (Lipinski definition) is 5. The van der Waals surface area contributed by atoms with E-state index in [1.807, 2.05) is 24.3 Å². The van der Waals surface area contributed by atoms with Gasteiger partial charge in [0.05, 0.1) is 11.6 Å². The van der Waals surface area contributed by atoms with E-state index in [1.165, 1.54) is 0 Å². The molecule has 2 aliphatic rings. The summed E-state index contributed by atoms with van der Waals surface area (Å²) in [4.78, 5) is 35.3. The van der Waals surface area contributed by atoms with Crippen LogP contribution in [0.3, 0.4) is 0 Å². The summed E-state index contributed by atoms with van der Waals surface area (Å²) in [5.41, 5.74) is 0.750. The third kappa shape index (κ3) is 3.67. The van der Waals surface area contributed by atoms with Crippen molar-refractivity contribution in [2.45, 2.75) is 26.2 Å². The fourth-order valence-corrected chi connectivity index (χ4v) is 4.78. The number of nitrogens with zero attached hydrogens (tertiary/aromatic N) is 3. The average Bonchev–Trinajstić information content (AvgIpc) is 2.66. The Labute approximate surface area is 177 Å². The van der Waals surface area contributed by atoms with Gasteiger partial charge in [-0.3, -0.25) is 14.6 Å². The van der Waals surface area contributed by atoms with Gasteiger partial charge in [0, 0.05) is 23.5 Å². The second kappa shape index (κ2) is 7.64. The van der Waals surface area contributed by atoms with E-state index in [2.05, 4.69) is 56.0 Å². The van der Waals surface area contributed by atoms with Crippen LogP contribution < -0.4 is 15.8 Å². The number of amides is 1. The van der Waals surface area contributed by atoms with E-state index in [1.54, 1.807) is 0 Å². The van der Waals surface area contributed by atoms with Gasteiger partial charge in [0.25, 0.3) is 5.56 Å². The van der Waals surface area contributed by atoms with Gasteiger partial charge in [-0.15, -0.1) is 0 Å². The summed E-state index contributed by atoms with van der Waals surface area (Å²) in [7, 11) is 0. The Kier molecular flexibility index (Phi) is 5.17. The van der Waals surface area contributed by atoms with E-state index in [0.717, 1.165) is 29.5 Å². The predicted octanol–water partition coefficient (Wildman–Crippen LogP) is 3.24. The maximum absolute atomic E-state index is 13.1. The average molecular weight is 456 g/mol. The molecule has 1 aromatic heterocycles. The molecule has 2 N–H and O–H groups in total. The van der Waals surface area contributed by atoms with Gasteiger partial charge in [-0.05, 0) is 36.0 Å². The number of benzene rings is 1. The topological polar surface area (TPSA) is 102 Å². The highest BCUT2D eigenvalue weighted by molar-refractivity contribution is 9.10. The number of carbonyl (C=O) groups is 1. The second-order valence-electron chi connectivity index (χ2n) is 8.13. The summed E-state index contributed by atoms with van der Waals surface area (Å²) in [6.45, 7) is 5.97. The van der Waals surface area contributed by atoms with Crippen molar-refractivity contribution in [2.75, 3.05) is 23.3 Å². The standard InChI is InChI=1S/C21H22BrN5O2/c1-11-7-12(2)10-27(9-11)21-25-18-17(20(29)26-21)16(15(8-23)19(28)24-18)13-3-5-14(22)6-4-13/h3-6,11-12,15-16H,7,9-10H2,1-2H3,(H2,24,25,26,28,29). The van der Waals surface area contributed by atoms with E-state index >= 15 is 0 Å². The summed E-state index contributed by atoms with van der Waals surface area (Å²) in [5.74, 6) is -0.385. The lowest BCUT2D eigenvalue weighted by molar-refractivity contribution is -0.119. The maximum Gasteiger partial charge on any atom is 0.258 e. The van der Waals surface area contributed by atoms with Gasteiger partial charge in [-0.1, -0.05) is 41.9 Å². The molecule has 2 aliphatic heterocycles. The SMILES string of the molecule is CC1CC(C)CN(c2nc3c(c(=O)[nH]2)C(c2ccc(Br)cc2)C(C#N)C(=O)N3)C1. The number of nitrogens with one attached hydrogen (secondary N) is 2. The van der Waals surface area contributed by atoms with Gasteiger partial charge in [0.2, 0.25) is 11.9 Å². The highest BCUT2D eigenvalue weighted by atomic mass is 79.9.